The molecule has 2 heterocycles. The number of amides is 1. The maximum Gasteiger partial charge on any atom is 0.416 e. The molecular weight excluding hydrogens is 532 g/mol. The standard InChI is InChI=1S/C21H11ClF3IN2O2/c22-16-6-4-13(26)9-15(16)19-27-17(20(29)28-19)10-14-5-7-18(30-14)11-2-1-3-12(8-11)21(23,24)25/h1-10H,(H,27,28,29). The van der Waals surface area contributed by atoms with Gasteiger partial charge in [-0.05, 0) is 65.1 Å². The zero-order chi connectivity index (χ0) is 21.5. The van der Waals surface area contributed by atoms with Crippen LogP contribution in [-0.4, -0.2) is 11.7 Å². The summed E-state index contributed by atoms with van der Waals surface area (Å²) in [5.41, 5.74) is 0.199. The van der Waals surface area contributed by atoms with Gasteiger partial charge in [-0.15, -0.1) is 0 Å². The second-order valence-corrected chi connectivity index (χ2v) is 8.00. The minimum Gasteiger partial charge on any atom is -0.457 e. The highest BCUT2D eigenvalue weighted by molar-refractivity contribution is 14.1. The Morgan fingerprint density at radius 2 is 1.90 bits per heavy atom. The van der Waals surface area contributed by atoms with Crippen LogP contribution < -0.4 is 5.32 Å². The number of furan rings is 1. The fourth-order valence-corrected chi connectivity index (χ4v) is 3.54. The highest BCUT2D eigenvalue weighted by Gasteiger charge is 2.30. The van der Waals surface area contributed by atoms with E-state index in [4.69, 9.17) is 16.0 Å². The van der Waals surface area contributed by atoms with Gasteiger partial charge in [-0.25, -0.2) is 4.99 Å². The predicted molar refractivity (Wildman–Crippen MR) is 116 cm³/mol. The summed E-state index contributed by atoms with van der Waals surface area (Å²) in [5.74, 6) is 0.416. The van der Waals surface area contributed by atoms with Crippen LogP contribution in [0.15, 0.2) is 69.7 Å². The van der Waals surface area contributed by atoms with E-state index >= 15 is 0 Å². The van der Waals surface area contributed by atoms with Gasteiger partial charge < -0.3 is 9.73 Å². The first kappa shape index (κ1) is 20.7. The van der Waals surface area contributed by atoms with Crippen molar-refractivity contribution in [1.29, 1.82) is 0 Å². The zero-order valence-electron chi connectivity index (χ0n) is 14.9. The number of carbonyl (C=O) groups excluding carboxylic acids is 1. The van der Waals surface area contributed by atoms with E-state index in [0.717, 1.165) is 15.7 Å². The second kappa shape index (κ2) is 7.92. The van der Waals surface area contributed by atoms with Gasteiger partial charge in [0.2, 0.25) is 0 Å². The van der Waals surface area contributed by atoms with Crippen molar-refractivity contribution < 1.29 is 22.4 Å². The van der Waals surface area contributed by atoms with Crippen molar-refractivity contribution in [2.24, 2.45) is 4.99 Å². The number of halogens is 5. The van der Waals surface area contributed by atoms with Gasteiger partial charge in [0, 0.05) is 20.8 Å². The zero-order valence-corrected chi connectivity index (χ0v) is 17.8. The molecule has 2 aromatic carbocycles. The molecular formula is C21H11ClF3IN2O2. The Morgan fingerprint density at radius 1 is 1.10 bits per heavy atom. The van der Waals surface area contributed by atoms with Crippen LogP contribution in [0.2, 0.25) is 5.02 Å². The molecule has 0 unspecified atom stereocenters. The molecule has 9 heteroatoms. The van der Waals surface area contributed by atoms with Gasteiger partial charge in [0.05, 0.1) is 10.6 Å². The van der Waals surface area contributed by atoms with Crippen molar-refractivity contribution in [3.8, 4) is 11.3 Å². The number of alkyl halides is 3. The quantitative estimate of drug-likeness (QED) is 0.319. The summed E-state index contributed by atoms with van der Waals surface area (Å²) in [5, 5.41) is 3.10. The summed E-state index contributed by atoms with van der Waals surface area (Å²) in [7, 11) is 0. The van der Waals surface area contributed by atoms with Gasteiger partial charge in [-0.2, -0.15) is 13.2 Å². The molecule has 152 valence electrons. The summed E-state index contributed by atoms with van der Waals surface area (Å²) < 4.78 is 45.3. The molecule has 1 amide bonds. The molecule has 4 nitrogen and oxygen atoms in total. The van der Waals surface area contributed by atoms with Crippen molar-refractivity contribution in [1.82, 2.24) is 5.32 Å². The highest BCUT2D eigenvalue weighted by atomic mass is 127. The van der Waals surface area contributed by atoms with Crippen LogP contribution in [0.3, 0.4) is 0 Å². The molecule has 30 heavy (non-hydrogen) atoms. The number of hydrogen-bond donors (Lipinski definition) is 1. The lowest BCUT2D eigenvalue weighted by Gasteiger charge is -2.07. The minimum absolute atomic E-state index is 0.102. The third-order valence-corrected chi connectivity index (χ3v) is 5.26. The van der Waals surface area contributed by atoms with E-state index in [-0.39, 0.29) is 22.8 Å². The molecule has 0 spiro atoms. The number of nitrogens with one attached hydrogen (secondary N) is 1. The molecule has 1 aliphatic heterocycles. The average Bonchev–Trinajstić information content (AvgIpc) is 3.30. The van der Waals surface area contributed by atoms with E-state index in [0.29, 0.717) is 16.4 Å². The summed E-state index contributed by atoms with van der Waals surface area (Å²) in [4.78, 5) is 16.6. The van der Waals surface area contributed by atoms with Crippen molar-refractivity contribution in [3.63, 3.8) is 0 Å². The fraction of sp³-hybridized carbons (Fsp3) is 0.0476. The summed E-state index contributed by atoms with van der Waals surface area (Å²) >= 11 is 8.32. The normalized spacial score (nSPS) is 15.4. The van der Waals surface area contributed by atoms with E-state index in [2.05, 4.69) is 32.9 Å². The molecule has 1 aromatic heterocycles. The van der Waals surface area contributed by atoms with Crippen molar-refractivity contribution >= 4 is 52.0 Å². The van der Waals surface area contributed by atoms with E-state index in [1.807, 2.05) is 6.07 Å². The number of nitrogens with zero attached hydrogens (tertiary/aromatic N) is 1. The van der Waals surface area contributed by atoms with Gasteiger partial charge in [0.25, 0.3) is 5.91 Å². The summed E-state index contributed by atoms with van der Waals surface area (Å²) in [6.45, 7) is 0. The first-order chi connectivity index (χ1) is 14.2. The van der Waals surface area contributed by atoms with Gasteiger partial charge in [0.1, 0.15) is 23.1 Å². The Hall–Kier alpha value is -2.59. The molecule has 4 rings (SSSR count). The number of hydrogen-bond acceptors (Lipinski definition) is 3. The lowest BCUT2D eigenvalue weighted by atomic mass is 10.1. The lowest BCUT2D eigenvalue weighted by Crippen LogP contribution is -2.25. The summed E-state index contributed by atoms with van der Waals surface area (Å²) in [6.07, 6.45) is -3.03. The third-order valence-electron chi connectivity index (χ3n) is 4.26. The van der Waals surface area contributed by atoms with Gasteiger partial charge in [-0.1, -0.05) is 23.7 Å². The SMILES string of the molecule is O=C1NC(c2cc(I)ccc2Cl)=NC1=Cc1ccc(-c2cccc(C(F)(F)F)c2)o1. The molecule has 0 radical (unpaired) electrons. The minimum atomic E-state index is -4.45. The van der Waals surface area contributed by atoms with E-state index < -0.39 is 17.6 Å². The number of rotatable bonds is 3. The van der Waals surface area contributed by atoms with Gasteiger partial charge in [-0.3, -0.25) is 4.79 Å². The molecule has 1 N–H and O–H groups in total. The topological polar surface area (TPSA) is 54.6 Å². The molecule has 0 aliphatic carbocycles. The van der Waals surface area contributed by atoms with Crippen LogP contribution >= 0.6 is 34.2 Å². The smallest absolute Gasteiger partial charge is 0.416 e. The van der Waals surface area contributed by atoms with Crippen molar-refractivity contribution in [2.45, 2.75) is 6.18 Å². The van der Waals surface area contributed by atoms with Gasteiger partial charge in [0.15, 0.2) is 0 Å². The Balaban J connectivity index is 1.64. The van der Waals surface area contributed by atoms with Crippen LogP contribution in [0.1, 0.15) is 16.9 Å². The molecule has 0 atom stereocenters. The van der Waals surface area contributed by atoms with Crippen LogP contribution in [0.25, 0.3) is 17.4 Å². The number of aliphatic imine (C=N–C) groups is 1. The number of carbonyl (C=O) groups is 1. The number of amidine groups is 1. The molecule has 0 saturated heterocycles. The van der Waals surface area contributed by atoms with E-state index in [9.17, 15) is 18.0 Å². The van der Waals surface area contributed by atoms with E-state index in [1.54, 1.807) is 18.2 Å². The second-order valence-electron chi connectivity index (χ2n) is 6.35. The third kappa shape index (κ3) is 4.29. The number of benzene rings is 2. The molecule has 1 aliphatic rings. The van der Waals surface area contributed by atoms with Crippen LogP contribution in [-0.2, 0) is 11.0 Å². The fourth-order valence-electron chi connectivity index (χ4n) is 2.84. The maximum atomic E-state index is 12.9. The van der Waals surface area contributed by atoms with Crippen molar-refractivity contribution in [3.05, 3.63) is 85.8 Å². The van der Waals surface area contributed by atoms with Crippen LogP contribution in [0.4, 0.5) is 13.2 Å². The van der Waals surface area contributed by atoms with Crippen LogP contribution in [0, 0.1) is 3.57 Å². The summed E-state index contributed by atoms with van der Waals surface area (Å²) in [6, 6.07) is 13.3. The Kier molecular flexibility index (Phi) is 5.46. The highest BCUT2D eigenvalue weighted by Crippen LogP contribution is 2.33. The Labute approximate surface area is 187 Å². The van der Waals surface area contributed by atoms with Crippen LogP contribution in [0.5, 0.6) is 0 Å². The molecule has 0 fully saturated rings. The monoisotopic (exact) mass is 542 g/mol. The largest absolute Gasteiger partial charge is 0.457 e. The molecule has 3 aromatic rings. The van der Waals surface area contributed by atoms with Crippen molar-refractivity contribution in [2.75, 3.05) is 0 Å². The van der Waals surface area contributed by atoms with Gasteiger partial charge >= 0.3 is 6.18 Å². The average molecular weight is 543 g/mol. The first-order valence-corrected chi connectivity index (χ1v) is 10.0. The molecule has 0 saturated carbocycles. The molecule has 0 bridgehead atoms. The Morgan fingerprint density at radius 3 is 2.67 bits per heavy atom. The lowest BCUT2D eigenvalue weighted by molar-refractivity contribution is -0.137. The first-order valence-electron chi connectivity index (χ1n) is 8.55. The Bertz CT molecular complexity index is 1210. The predicted octanol–water partition coefficient (Wildman–Crippen LogP) is 6.14. The maximum absolute atomic E-state index is 12.9. The van der Waals surface area contributed by atoms with E-state index in [1.165, 1.54) is 24.3 Å².